The van der Waals surface area contributed by atoms with Crippen LogP contribution in [0.25, 0.3) is 0 Å². The first-order valence-corrected chi connectivity index (χ1v) is 11.6. The highest BCUT2D eigenvalue weighted by molar-refractivity contribution is 6.33. The molecule has 0 aliphatic carbocycles. The SMILES string of the molecule is CCO[C@H]1OC(=O)C[C@@H]1NC(=O)[C@@H]1CCCN1C(=O)[C@@H](NC(=O)c1ccccc1Cl)C(C)C. The van der Waals surface area contributed by atoms with Gasteiger partial charge >= 0.3 is 5.97 Å². The molecule has 0 saturated carbocycles. The van der Waals surface area contributed by atoms with Crippen molar-refractivity contribution in [1.82, 2.24) is 15.5 Å². The van der Waals surface area contributed by atoms with E-state index in [0.29, 0.717) is 31.0 Å². The van der Waals surface area contributed by atoms with Crippen molar-refractivity contribution < 1.29 is 28.7 Å². The lowest BCUT2D eigenvalue weighted by molar-refractivity contribution is -0.164. The van der Waals surface area contributed by atoms with Gasteiger partial charge in [-0.25, -0.2) is 0 Å². The lowest BCUT2D eigenvalue weighted by atomic mass is 10.0. The quantitative estimate of drug-likeness (QED) is 0.550. The molecule has 2 heterocycles. The third-order valence-electron chi connectivity index (χ3n) is 5.80. The van der Waals surface area contributed by atoms with E-state index < -0.39 is 36.3 Å². The minimum Gasteiger partial charge on any atom is -0.433 e. The molecule has 3 rings (SSSR count). The molecular weight excluding hydrogens is 450 g/mol. The number of carbonyl (C=O) groups excluding carboxylic acids is 4. The van der Waals surface area contributed by atoms with E-state index in [2.05, 4.69) is 10.6 Å². The Balaban J connectivity index is 1.70. The molecule has 10 heteroatoms. The Labute approximate surface area is 198 Å². The van der Waals surface area contributed by atoms with Crippen molar-refractivity contribution in [2.24, 2.45) is 5.92 Å². The zero-order chi connectivity index (χ0) is 24.1. The number of amides is 3. The van der Waals surface area contributed by atoms with Crippen molar-refractivity contribution in [3.63, 3.8) is 0 Å². The first kappa shape index (κ1) is 25.0. The molecule has 2 fully saturated rings. The molecule has 3 amide bonds. The van der Waals surface area contributed by atoms with E-state index in [-0.39, 0.29) is 29.7 Å². The van der Waals surface area contributed by atoms with Gasteiger partial charge in [0.1, 0.15) is 18.1 Å². The molecule has 4 atom stereocenters. The summed E-state index contributed by atoms with van der Waals surface area (Å²) in [5.74, 6) is -1.80. The summed E-state index contributed by atoms with van der Waals surface area (Å²) in [6.07, 6.45) is 0.318. The number of esters is 1. The molecule has 0 unspecified atom stereocenters. The monoisotopic (exact) mass is 479 g/mol. The van der Waals surface area contributed by atoms with Gasteiger partial charge in [0.2, 0.25) is 18.1 Å². The molecule has 1 aromatic rings. The fourth-order valence-electron chi connectivity index (χ4n) is 4.11. The first-order chi connectivity index (χ1) is 15.7. The van der Waals surface area contributed by atoms with Gasteiger partial charge in [0, 0.05) is 13.2 Å². The molecule has 0 aromatic heterocycles. The Morgan fingerprint density at radius 1 is 1.27 bits per heavy atom. The van der Waals surface area contributed by atoms with Crippen molar-refractivity contribution in [1.29, 1.82) is 0 Å². The third kappa shape index (κ3) is 5.83. The molecule has 33 heavy (non-hydrogen) atoms. The molecule has 0 bridgehead atoms. The molecule has 2 saturated heterocycles. The lowest BCUT2D eigenvalue weighted by Gasteiger charge is -2.31. The molecule has 9 nitrogen and oxygen atoms in total. The summed E-state index contributed by atoms with van der Waals surface area (Å²) in [4.78, 5) is 52.3. The highest BCUT2D eigenvalue weighted by Crippen LogP contribution is 2.23. The van der Waals surface area contributed by atoms with Crippen LogP contribution in [0.5, 0.6) is 0 Å². The topological polar surface area (TPSA) is 114 Å². The minimum absolute atomic E-state index is 0.0135. The highest BCUT2D eigenvalue weighted by Gasteiger charge is 2.42. The summed E-state index contributed by atoms with van der Waals surface area (Å²) < 4.78 is 10.5. The Kier molecular flexibility index (Phi) is 8.31. The number of hydrogen-bond acceptors (Lipinski definition) is 6. The number of nitrogens with zero attached hydrogens (tertiary/aromatic N) is 1. The van der Waals surface area contributed by atoms with Crippen LogP contribution in [-0.4, -0.2) is 66.2 Å². The van der Waals surface area contributed by atoms with Gasteiger partial charge in [-0.1, -0.05) is 37.6 Å². The molecule has 180 valence electrons. The first-order valence-electron chi connectivity index (χ1n) is 11.2. The maximum atomic E-state index is 13.4. The summed E-state index contributed by atoms with van der Waals surface area (Å²) in [6, 6.07) is 4.48. The molecule has 2 aliphatic heterocycles. The fourth-order valence-corrected chi connectivity index (χ4v) is 4.33. The average molecular weight is 480 g/mol. The maximum Gasteiger partial charge on any atom is 0.310 e. The summed E-state index contributed by atoms with van der Waals surface area (Å²) in [6.45, 7) is 6.16. The third-order valence-corrected chi connectivity index (χ3v) is 6.13. The van der Waals surface area contributed by atoms with Gasteiger partial charge in [-0.3, -0.25) is 19.2 Å². The van der Waals surface area contributed by atoms with Crippen LogP contribution >= 0.6 is 11.6 Å². The van der Waals surface area contributed by atoms with Crippen LogP contribution in [0.1, 0.15) is 50.4 Å². The van der Waals surface area contributed by atoms with Crippen LogP contribution in [0.15, 0.2) is 24.3 Å². The zero-order valence-corrected chi connectivity index (χ0v) is 19.8. The minimum atomic E-state index is -0.838. The van der Waals surface area contributed by atoms with Crippen LogP contribution < -0.4 is 10.6 Å². The van der Waals surface area contributed by atoms with Crippen molar-refractivity contribution in [3.8, 4) is 0 Å². The second-order valence-electron chi connectivity index (χ2n) is 8.50. The van der Waals surface area contributed by atoms with Crippen molar-refractivity contribution in [2.45, 2.75) is 64.4 Å². The van der Waals surface area contributed by atoms with Gasteiger partial charge in [0.15, 0.2) is 0 Å². The van der Waals surface area contributed by atoms with Gasteiger partial charge in [-0.05, 0) is 37.8 Å². The summed E-state index contributed by atoms with van der Waals surface area (Å²) in [7, 11) is 0. The number of benzene rings is 1. The van der Waals surface area contributed by atoms with Crippen LogP contribution in [0.3, 0.4) is 0 Å². The number of hydrogen-bond donors (Lipinski definition) is 2. The molecule has 2 aliphatic rings. The van der Waals surface area contributed by atoms with Gasteiger partial charge < -0.3 is 25.0 Å². The smallest absolute Gasteiger partial charge is 0.310 e. The molecule has 0 spiro atoms. The van der Waals surface area contributed by atoms with Crippen LogP contribution in [0.4, 0.5) is 0 Å². The summed E-state index contributed by atoms with van der Waals surface area (Å²) in [5, 5.41) is 5.88. The highest BCUT2D eigenvalue weighted by atomic mass is 35.5. The van der Waals surface area contributed by atoms with Gasteiger partial charge in [0.05, 0.1) is 17.0 Å². The van der Waals surface area contributed by atoms with E-state index in [9.17, 15) is 19.2 Å². The molecule has 1 aromatic carbocycles. The van der Waals surface area contributed by atoms with E-state index in [1.54, 1.807) is 31.2 Å². The fraction of sp³-hybridized carbons (Fsp3) is 0.565. The number of ether oxygens (including phenoxy) is 2. The van der Waals surface area contributed by atoms with E-state index in [1.165, 1.54) is 4.90 Å². The summed E-state index contributed by atoms with van der Waals surface area (Å²) in [5.41, 5.74) is 0.279. The maximum absolute atomic E-state index is 13.4. The Morgan fingerprint density at radius 2 is 2.00 bits per heavy atom. The Morgan fingerprint density at radius 3 is 2.67 bits per heavy atom. The predicted molar refractivity (Wildman–Crippen MR) is 120 cm³/mol. The standard InChI is InChI=1S/C23H30ClN3O6/c1-4-32-23-16(12-18(28)33-23)25-21(30)17-10-7-11-27(17)22(31)19(13(2)3)26-20(29)14-8-5-6-9-15(14)24/h5-6,8-9,13,16-17,19,23H,4,7,10-12H2,1-3H3,(H,25,30)(H,26,29)/t16-,17-,19-,23-/m0/s1. The van der Waals surface area contributed by atoms with Gasteiger partial charge in [-0.15, -0.1) is 0 Å². The van der Waals surface area contributed by atoms with Gasteiger partial charge in [0.25, 0.3) is 5.91 Å². The van der Waals surface area contributed by atoms with Crippen molar-refractivity contribution >= 4 is 35.3 Å². The van der Waals surface area contributed by atoms with E-state index in [0.717, 1.165) is 0 Å². The van der Waals surface area contributed by atoms with Crippen LogP contribution in [0, 0.1) is 5.92 Å². The number of likely N-dealkylation sites (tertiary alicyclic amines) is 1. The number of carbonyl (C=O) groups is 4. The van der Waals surface area contributed by atoms with E-state index >= 15 is 0 Å². The second-order valence-corrected chi connectivity index (χ2v) is 8.90. The number of halogens is 1. The van der Waals surface area contributed by atoms with Crippen LogP contribution in [-0.2, 0) is 23.9 Å². The van der Waals surface area contributed by atoms with Crippen molar-refractivity contribution in [3.05, 3.63) is 34.9 Å². The number of cyclic esters (lactones) is 1. The number of nitrogens with one attached hydrogen (secondary N) is 2. The average Bonchev–Trinajstić information content (AvgIpc) is 3.38. The Bertz CT molecular complexity index is 908. The van der Waals surface area contributed by atoms with Crippen LogP contribution in [0.2, 0.25) is 5.02 Å². The van der Waals surface area contributed by atoms with E-state index in [1.807, 2.05) is 13.8 Å². The second kappa shape index (κ2) is 11.0. The van der Waals surface area contributed by atoms with E-state index in [4.69, 9.17) is 21.1 Å². The number of rotatable bonds is 8. The van der Waals surface area contributed by atoms with Gasteiger partial charge in [-0.2, -0.15) is 0 Å². The molecule has 0 radical (unpaired) electrons. The van der Waals surface area contributed by atoms with Crippen molar-refractivity contribution in [2.75, 3.05) is 13.2 Å². The zero-order valence-electron chi connectivity index (χ0n) is 19.0. The summed E-state index contributed by atoms with van der Waals surface area (Å²) >= 11 is 6.13. The lowest BCUT2D eigenvalue weighted by Crippen LogP contribution is -2.56. The molecular formula is C23H30ClN3O6. The largest absolute Gasteiger partial charge is 0.433 e. The molecule has 2 N–H and O–H groups in total. The normalized spacial score (nSPS) is 23.4. The predicted octanol–water partition coefficient (Wildman–Crippen LogP) is 1.88. The Hall–Kier alpha value is -2.65.